The third-order valence-corrected chi connectivity index (χ3v) is 1.95. The van der Waals surface area contributed by atoms with Crippen molar-refractivity contribution >= 4 is 5.97 Å². The Hall–Kier alpha value is -1.79. The molecule has 0 radical (unpaired) electrons. The predicted octanol–water partition coefficient (Wildman–Crippen LogP) is 1.13. The van der Waals surface area contributed by atoms with Crippen LogP contribution in [0, 0.1) is 18.8 Å². The van der Waals surface area contributed by atoms with Gasteiger partial charge in [-0.2, -0.15) is 0 Å². The summed E-state index contributed by atoms with van der Waals surface area (Å²) in [6.07, 6.45) is 0. The highest BCUT2D eigenvalue weighted by Gasteiger charge is 2.05. The molecule has 0 fully saturated rings. The number of aliphatic hydroxyl groups is 1. The molecule has 0 saturated carbocycles. The lowest BCUT2D eigenvalue weighted by Gasteiger charge is -2.02. The Morgan fingerprint density at radius 1 is 1.53 bits per heavy atom. The normalized spacial score (nSPS) is 9.00. The van der Waals surface area contributed by atoms with Gasteiger partial charge in [0.2, 0.25) is 0 Å². The number of esters is 1. The van der Waals surface area contributed by atoms with Gasteiger partial charge in [-0.3, -0.25) is 0 Å². The zero-order valence-corrected chi connectivity index (χ0v) is 8.70. The molecule has 15 heavy (non-hydrogen) atoms. The summed E-state index contributed by atoms with van der Waals surface area (Å²) in [6, 6.07) is 5.11. The first-order valence-corrected chi connectivity index (χ1v) is 4.47. The molecule has 78 valence electrons. The van der Waals surface area contributed by atoms with Crippen molar-refractivity contribution < 1.29 is 14.6 Å². The molecule has 0 saturated heterocycles. The van der Waals surface area contributed by atoms with E-state index in [9.17, 15) is 4.79 Å². The van der Waals surface area contributed by atoms with Gasteiger partial charge in [-0.25, -0.2) is 4.79 Å². The molecule has 0 aliphatic carbocycles. The fourth-order valence-corrected chi connectivity index (χ4v) is 1.18. The molecule has 0 amide bonds. The van der Waals surface area contributed by atoms with E-state index in [0.717, 1.165) is 11.1 Å². The van der Waals surface area contributed by atoms with Gasteiger partial charge >= 0.3 is 5.97 Å². The number of carbonyl (C=O) groups excluding carboxylic acids is 1. The van der Waals surface area contributed by atoms with Crippen LogP contribution in [-0.4, -0.2) is 24.8 Å². The lowest BCUT2D eigenvalue weighted by molar-refractivity contribution is 0.0600. The first-order chi connectivity index (χ1) is 7.19. The average Bonchev–Trinajstić information content (AvgIpc) is 2.26. The molecule has 1 aromatic carbocycles. The third kappa shape index (κ3) is 2.83. The standard InChI is InChI=1S/C12H12O3/c1-9-8-11(12(14)15-2)6-5-10(9)4-3-7-13/h5-6,8,13H,7H2,1-2H3. The largest absolute Gasteiger partial charge is 0.465 e. The van der Waals surface area contributed by atoms with Gasteiger partial charge in [0.15, 0.2) is 0 Å². The van der Waals surface area contributed by atoms with Gasteiger partial charge in [-0.15, -0.1) is 0 Å². The van der Waals surface area contributed by atoms with Crippen molar-refractivity contribution in [1.82, 2.24) is 0 Å². The second-order valence-electron chi connectivity index (χ2n) is 2.98. The average molecular weight is 204 g/mol. The summed E-state index contributed by atoms with van der Waals surface area (Å²) < 4.78 is 4.60. The monoisotopic (exact) mass is 204 g/mol. The third-order valence-electron chi connectivity index (χ3n) is 1.95. The lowest BCUT2D eigenvalue weighted by atomic mass is 10.1. The van der Waals surface area contributed by atoms with E-state index < -0.39 is 0 Å². The van der Waals surface area contributed by atoms with Gasteiger partial charge in [-0.1, -0.05) is 11.8 Å². The first-order valence-electron chi connectivity index (χ1n) is 4.47. The Morgan fingerprint density at radius 2 is 2.27 bits per heavy atom. The Morgan fingerprint density at radius 3 is 2.80 bits per heavy atom. The summed E-state index contributed by atoms with van der Waals surface area (Å²) in [5.41, 5.74) is 2.19. The van der Waals surface area contributed by atoms with Crippen LogP contribution in [0.2, 0.25) is 0 Å². The van der Waals surface area contributed by atoms with Crippen LogP contribution >= 0.6 is 0 Å². The number of methoxy groups -OCH3 is 1. The molecular weight excluding hydrogens is 192 g/mol. The molecule has 0 unspecified atom stereocenters. The predicted molar refractivity (Wildman–Crippen MR) is 56.5 cm³/mol. The van der Waals surface area contributed by atoms with E-state index in [1.807, 2.05) is 6.92 Å². The fourth-order valence-electron chi connectivity index (χ4n) is 1.18. The van der Waals surface area contributed by atoms with Crippen LogP contribution in [0.4, 0.5) is 0 Å². The van der Waals surface area contributed by atoms with Gasteiger partial charge in [0, 0.05) is 5.56 Å². The molecule has 0 heterocycles. The van der Waals surface area contributed by atoms with Gasteiger partial charge in [0.25, 0.3) is 0 Å². The Labute approximate surface area is 88.7 Å². The number of hydrogen-bond acceptors (Lipinski definition) is 3. The number of aliphatic hydroxyl groups excluding tert-OH is 1. The minimum atomic E-state index is -0.361. The van der Waals surface area contributed by atoms with Crippen LogP contribution in [0.15, 0.2) is 18.2 Å². The van der Waals surface area contributed by atoms with Gasteiger partial charge < -0.3 is 9.84 Å². The number of carbonyl (C=O) groups is 1. The van der Waals surface area contributed by atoms with E-state index >= 15 is 0 Å². The molecule has 3 nitrogen and oxygen atoms in total. The minimum absolute atomic E-state index is 0.168. The fraction of sp³-hybridized carbons (Fsp3) is 0.250. The second-order valence-corrected chi connectivity index (χ2v) is 2.98. The quantitative estimate of drug-likeness (QED) is 0.551. The van der Waals surface area contributed by atoms with Crippen molar-refractivity contribution in [2.75, 3.05) is 13.7 Å². The molecule has 1 aromatic rings. The smallest absolute Gasteiger partial charge is 0.337 e. The van der Waals surface area contributed by atoms with E-state index in [4.69, 9.17) is 5.11 Å². The summed E-state index contributed by atoms with van der Waals surface area (Å²) in [6.45, 7) is 1.69. The minimum Gasteiger partial charge on any atom is -0.465 e. The highest BCUT2D eigenvalue weighted by atomic mass is 16.5. The topological polar surface area (TPSA) is 46.5 Å². The maximum absolute atomic E-state index is 11.2. The van der Waals surface area contributed by atoms with E-state index in [1.165, 1.54) is 7.11 Å². The van der Waals surface area contributed by atoms with E-state index in [-0.39, 0.29) is 12.6 Å². The lowest BCUT2D eigenvalue weighted by Crippen LogP contribution is -2.01. The summed E-state index contributed by atoms with van der Waals surface area (Å²) >= 11 is 0. The molecule has 0 spiro atoms. The summed E-state index contributed by atoms with van der Waals surface area (Å²) in [5, 5.41) is 8.55. The van der Waals surface area contributed by atoms with Crippen LogP contribution < -0.4 is 0 Å². The van der Waals surface area contributed by atoms with Crippen molar-refractivity contribution in [3.63, 3.8) is 0 Å². The van der Waals surface area contributed by atoms with Crippen molar-refractivity contribution in [3.05, 3.63) is 34.9 Å². The van der Waals surface area contributed by atoms with Crippen molar-refractivity contribution in [3.8, 4) is 11.8 Å². The molecular formula is C12H12O3. The number of hydrogen-bond donors (Lipinski definition) is 1. The van der Waals surface area contributed by atoms with Crippen molar-refractivity contribution in [1.29, 1.82) is 0 Å². The molecule has 1 rings (SSSR count). The number of ether oxygens (including phenoxy) is 1. The number of rotatable bonds is 1. The Kier molecular flexibility index (Phi) is 3.90. The van der Waals surface area contributed by atoms with Crippen molar-refractivity contribution in [2.24, 2.45) is 0 Å². The maximum atomic E-state index is 11.2. The van der Waals surface area contributed by atoms with Crippen LogP contribution in [0.25, 0.3) is 0 Å². The second kappa shape index (κ2) is 5.18. The molecule has 3 heteroatoms. The van der Waals surface area contributed by atoms with Crippen molar-refractivity contribution in [2.45, 2.75) is 6.92 Å². The highest BCUT2D eigenvalue weighted by Crippen LogP contribution is 2.10. The Balaban J connectivity index is 3.03. The molecule has 0 aromatic heterocycles. The van der Waals surface area contributed by atoms with Gasteiger partial charge in [0.05, 0.1) is 12.7 Å². The zero-order chi connectivity index (χ0) is 11.3. The van der Waals surface area contributed by atoms with Crippen LogP contribution in [0.5, 0.6) is 0 Å². The van der Waals surface area contributed by atoms with E-state index in [2.05, 4.69) is 16.6 Å². The molecule has 0 aliphatic heterocycles. The molecule has 0 aliphatic rings. The Bertz CT molecular complexity index is 424. The van der Waals surface area contributed by atoms with E-state index in [1.54, 1.807) is 18.2 Å². The molecule has 0 atom stereocenters. The van der Waals surface area contributed by atoms with Gasteiger partial charge in [0.1, 0.15) is 6.61 Å². The number of aryl methyl sites for hydroxylation is 1. The van der Waals surface area contributed by atoms with Gasteiger partial charge in [-0.05, 0) is 30.7 Å². The summed E-state index contributed by atoms with van der Waals surface area (Å²) in [7, 11) is 1.34. The van der Waals surface area contributed by atoms with Crippen LogP contribution in [0.3, 0.4) is 0 Å². The number of benzene rings is 1. The SMILES string of the molecule is COC(=O)c1ccc(C#CCO)c(C)c1. The zero-order valence-electron chi connectivity index (χ0n) is 8.70. The summed E-state index contributed by atoms with van der Waals surface area (Å²) in [4.78, 5) is 11.2. The maximum Gasteiger partial charge on any atom is 0.337 e. The molecule has 1 N–H and O–H groups in total. The van der Waals surface area contributed by atoms with Crippen LogP contribution in [0.1, 0.15) is 21.5 Å². The van der Waals surface area contributed by atoms with E-state index in [0.29, 0.717) is 5.56 Å². The first kappa shape index (κ1) is 11.3. The van der Waals surface area contributed by atoms with Crippen LogP contribution in [-0.2, 0) is 4.74 Å². The highest BCUT2D eigenvalue weighted by molar-refractivity contribution is 5.89. The molecule has 0 bridgehead atoms. The summed E-state index contributed by atoms with van der Waals surface area (Å²) in [5.74, 6) is 4.99.